The van der Waals surface area contributed by atoms with E-state index < -0.39 is 10.1 Å². The number of rotatable bonds is 6. The van der Waals surface area contributed by atoms with E-state index in [0.29, 0.717) is 5.75 Å². The molecule has 0 fully saturated rings. The van der Waals surface area contributed by atoms with Crippen molar-refractivity contribution in [3.05, 3.63) is 115 Å². The highest BCUT2D eigenvalue weighted by atomic mass is 32.2. The Hall–Kier alpha value is -3.02. The highest BCUT2D eigenvalue weighted by molar-refractivity contribution is 7.97. The molecule has 4 aromatic carbocycles. The molecular formula is C25H21O3S2+. The van der Waals surface area contributed by atoms with Crippen LogP contribution in [0.5, 0.6) is 5.75 Å². The zero-order valence-corrected chi connectivity index (χ0v) is 18.1. The van der Waals surface area contributed by atoms with E-state index in [9.17, 15) is 8.42 Å². The van der Waals surface area contributed by atoms with Gasteiger partial charge in [0, 0.05) is 0 Å². The Bertz CT molecular complexity index is 1160. The Morgan fingerprint density at radius 1 is 0.600 bits per heavy atom. The summed E-state index contributed by atoms with van der Waals surface area (Å²) in [6.07, 6.45) is 0. The van der Waals surface area contributed by atoms with Crippen molar-refractivity contribution in [2.45, 2.75) is 26.5 Å². The maximum atomic E-state index is 12.6. The standard InChI is InChI=1S/C25H21O3S2/c1-20-12-18-25(19-13-20)30(26,27)28-21-14-16-24(17-15-21)29(22-8-4-2-5-9-22)23-10-6-3-7-11-23/h2-19H,1H3/q+1. The van der Waals surface area contributed by atoms with Gasteiger partial charge in [-0.1, -0.05) is 54.1 Å². The topological polar surface area (TPSA) is 43.4 Å². The van der Waals surface area contributed by atoms with Gasteiger partial charge in [0.25, 0.3) is 0 Å². The van der Waals surface area contributed by atoms with Gasteiger partial charge in [0.05, 0.1) is 10.9 Å². The predicted molar refractivity (Wildman–Crippen MR) is 120 cm³/mol. The summed E-state index contributed by atoms with van der Waals surface area (Å²) in [6, 6.07) is 34.5. The fourth-order valence-electron chi connectivity index (χ4n) is 3.03. The molecule has 30 heavy (non-hydrogen) atoms. The molecule has 0 unspecified atom stereocenters. The molecule has 150 valence electrons. The van der Waals surface area contributed by atoms with Crippen LogP contribution in [0, 0.1) is 6.92 Å². The number of benzene rings is 4. The van der Waals surface area contributed by atoms with Gasteiger partial charge < -0.3 is 4.18 Å². The van der Waals surface area contributed by atoms with Crippen LogP contribution in [0.2, 0.25) is 0 Å². The van der Waals surface area contributed by atoms with E-state index in [0.717, 1.165) is 10.5 Å². The minimum Gasteiger partial charge on any atom is -0.379 e. The van der Waals surface area contributed by atoms with Crippen molar-refractivity contribution in [3.8, 4) is 5.75 Å². The van der Waals surface area contributed by atoms with E-state index in [2.05, 4.69) is 24.3 Å². The van der Waals surface area contributed by atoms with E-state index in [1.54, 1.807) is 36.4 Å². The monoisotopic (exact) mass is 433 g/mol. The van der Waals surface area contributed by atoms with Crippen LogP contribution in [-0.4, -0.2) is 8.42 Å². The third-order valence-electron chi connectivity index (χ3n) is 4.53. The van der Waals surface area contributed by atoms with Gasteiger partial charge in [-0.25, -0.2) is 0 Å². The Labute approximate surface area is 180 Å². The molecule has 0 N–H and O–H groups in total. The van der Waals surface area contributed by atoms with Crippen LogP contribution in [0.3, 0.4) is 0 Å². The van der Waals surface area contributed by atoms with Crippen molar-refractivity contribution in [1.29, 1.82) is 0 Å². The third-order valence-corrected chi connectivity index (χ3v) is 8.02. The molecule has 0 saturated carbocycles. The van der Waals surface area contributed by atoms with E-state index in [1.807, 2.05) is 55.5 Å². The van der Waals surface area contributed by atoms with Gasteiger partial charge in [0.1, 0.15) is 10.6 Å². The molecule has 4 aromatic rings. The average Bonchev–Trinajstić information content (AvgIpc) is 2.77. The second-order valence-electron chi connectivity index (χ2n) is 6.75. The van der Waals surface area contributed by atoms with E-state index >= 15 is 0 Å². The summed E-state index contributed by atoms with van der Waals surface area (Å²) in [5.74, 6) is 0.295. The van der Waals surface area contributed by atoms with Crippen LogP contribution in [0.15, 0.2) is 129 Å². The van der Waals surface area contributed by atoms with E-state index in [4.69, 9.17) is 4.18 Å². The van der Waals surface area contributed by atoms with Gasteiger partial charge in [-0.3, -0.25) is 0 Å². The zero-order valence-electron chi connectivity index (χ0n) is 16.4. The second-order valence-corrected chi connectivity index (χ2v) is 10.3. The Kier molecular flexibility index (Phi) is 5.93. The van der Waals surface area contributed by atoms with Crippen LogP contribution < -0.4 is 4.18 Å². The molecule has 0 atom stereocenters. The van der Waals surface area contributed by atoms with Gasteiger partial charge in [-0.05, 0) is 67.6 Å². The lowest BCUT2D eigenvalue weighted by Gasteiger charge is -2.10. The first-order valence-electron chi connectivity index (χ1n) is 9.48. The van der Waals surface area contributed by atoms with Crippen LogP contribution in [0.25, 0.3) is 0 Å². The molecule has 0 aliphatic carbocycles. The molecule has 0 radical (unpaired) electrons. The zero-order chi connectivity index (χ0) is 21.0. The fourth-order valence-corrected chi connectivity index (χ4v) is 6.05. The largest absolute Gasteiger partial charge is 0.379 e. The SMILES string of the molecule is Cc1ccc(S(=O)(=O)Oc2ccc([S+](c3ccccc3)c3ccccc3)cc2)cc1. The van der Waals surface area contributed by atoms with Crippen LogP contribution in [-0.2, 0) is 21.0 Å². The first-order chi connectivity index (χ1) is 14.5. The summed E-state index contributed by atoms with van der Waals surface area (Å²) >= 11 is 0. The van der Waals surface area contributed by atoms with E-state index in [1.165, 1.54) is 9.79 Å². The normalized spacial score (nSPS) is 11.4. The van der Waals surface area contributed by atoms with Crippen molar-refractivity contribution in [2.24, 2.45) is 0 Å². The molecule has 0 aromatic heterocycles. The van der Waals surface area contributed by atoms with Gasteiger partial charge in [-0.15, -0.1) is 0 Å². The fraction of sp³-hybridized carbons (Fsp3) is 0.0400. The smallest absolute Gasteiger partial charge is 0.339 e. The third kappa shape index (κ3) is 4.58. The van der Waals surface area contributed by atoms with E-state index in [-0.39, 0.29) is 15.8 Å². The number of aryl methyl sites for hydroxylation is 1. The molecule has 0 aliphatic heterocycles. The second kappa shape index (κ2) is 8.78. The van der Waals surface area contributed by atoms with Crippen molar-refractivity contribution >= 4 is 21.0 Å². The molecule has 0 amide bonds. The predicted octanol–water partition coefficient (Wildman–Crippen LogP) is 5.86. The minimum atomic E-state index is -3.87. The Morgan fingerprint density at radius 3 is 1.57 bits per heavy atom. The molecule has 0 saturated heterocycles. The quantitative estimate of drug-likeness (QED) is 0.283. The number of hydrogen-bond acceptors (Lipinski definition) is 3. The maximum Gasteiger partial charge on any atom is 0.339 e. The molecule has 0 heterocycles. The molecule has 4 rings (SSSR count). The Balaban J connectivity index is 1.63. The van der Waals surface area contributed by atoms with Crippen molar-refractivity contribution in [2.75, 3.05) is 0 Å². The van der Waals surface area contributed by atoms with Gasteiger partial charge >= 0.3 is 10.1 Å². The van der Waals surface area contributed by atoms with Crippen LogP contribution in [0.4, 0.5) is 0 Å². The molecule has 3 nitrogen and oxygen atoms in total. The van der Waals surface area contributed by atoms with Crippen molar-refractivity contribution in [3.63, 3.8) is 0 Å². The summed E-state index contributed by atoms with van der Waals surface area (Å²) in [4.78, 5) is 3.63. The minimum absolute atomic E-state index is 0.144. The highest BCUT2D eigenvalue weighted by Crippen LogP contribution is 2.32. The van der Waals surface area contributed by atoms with Gasteiger partial charge in [0.2, 0.25) is 0 Å². The van der Waals surface area contributed by atoms with Gasteiger partial charge in [-0.2, -0.15) is 8.42 Å². The first-order valence-corrected chi connectivity index (χ1v) is 12.1. The molecule has 0 aliphatic rings. The van der Waals surface area contributed by atoms with Crippen LogP contribution >= 0.6 is 0 Å². The van der Waals surface area contributed by atoms with Crippen LogP contribution in [0.1, 0.15) is 5.56 Å². The molecule has 0 spiro atoms. The summed E-state index contributed by atoms with van der Waals surface area (Å²) in [6.45, 7) is 1.91. The molecular weight excluding hydrogens is 412 g/mol. The lowest BCUT2D eigenvalue weighted by atomic mass is 10.2. The summed E-state index contributed by atoms with van der Waals surface area (Å²) in [5.41, 5.74) is 0.993. The highest BCUT2D eigenvalue weighted by Gasteiger charge is 2.28. The maximum absolute atomic E-state index is 12.6. The number of hydrogen-bond donors (Lipinski definition) is 0. The molecule has 0 bridgehead atoms. The summed E-state index contributed by atoms with van der Waals surface area (Å²) < 4.78 is 30.5. The lowest BCUT2D eigenvalue weighted by Crippen LogP contribution is -2.10. The summed E-state index contributed by atoms with van der Waals surface area (Å²) in [5, 5.41) is 0. The average molecular weight is 434 g/mol. The molecule has 5 heteroatoms. The summed E-state index contributed by atoms with van der Waals surface area (Å²) in [7, 11) is -4.15. The van der Waals surface area contributed by atoms with Gasteiger partial charge in [0.15, 0.2) is 14.7 Å². The Morgan fingerprint density at radius 2 is 1.07 bits per heavy atom. The lowest BCUT2D eigenvalue weighted by molar-refractivity contribution is 0.486. The van der Waals surface area contributed by atoms with Crippen molar-refractivity contribution < 1.29 is 12.6 Å². The first kappa shape index (κ1) is 20.3. The van der Waals surface area contributed by atoms with Crippen molar-refractivity contribution in [1.82, 2.24) is 0 Å².